The molecule has 28 heavy (non-hydrogen) atoms. The van der Waals surface area contributed by atoms with Crippen molar-refractivity contribution >= 4 is 0 Å². The summed E-state index contributed by atoms with van der Waals surface area (Å²) in [6.07, 6.45) is 7.95. The van der Waals surface area contributed by atoms with Crippen molar-refractivity contribution in [3.8, 4) is 11.8 Å². The summed E-state index contributed by atoms with van der Waals surface area (Å²) in [7, 11) is 0. The SMILES string of the molecule is CCOC(c1cn(CC2CCCCO2)nn1)c1cc(C#CC2CC2)ccc1C. The lowest BCUT2D eigenvalue weighted by Gasteiger charge is -2.22. The van der Waals surface area contributed by atoms with E-state index in [1.54, 1.807) is 0 Å². The van der Waals surface area contributed by atoms with Crippen molar-refractivity contribution in [2.45, 2.75) is 64.7 Å². The molecule has 2 aliphatic rings. The van der Waals surface area contributed by atoms with Crippen LogP contribution in [0.25, 0.3) is 0 Å². The summed E-state index contributed by atoms with van der Waals surface area (Å²) >= 11 is 0. The molecule has 5 heteroatoms. The van der Waals surface area contributed by atoms with Crippen LogP contribution in [0.1, 0.15) is 67.5 Å². The van der Waals surface area contributed by atoms with Gasteiger partial charge in [-0.3, -0.25) is 0 Å². The zero-order valence-corrected chi connectivity index (χ0v) is 16.9. The summed E-state index contributed by atoms with van der Waals surface area (Å²) < 4.78 is 13.8. The van der Waals surface area contributed by atoms with E-state index in [0.29, 0.717) is 12.5 Å². The fourth-order valence-electron chi connectivity index (χ4n) is 3.60. The molecule has 1 aliphatic heterocycles. The van der Waals surface area contributed by atoms with Gasteiger partial charge in [0.15, 0.2) is 0 Å². The monoisotopic (exact) mass is 379 g/mol. The minimum atomic E-state index is -0.228. The highest BCUT2D eigenvalue weighted by atomic mass is 16.5. The molecule has 1 aromatic carbocycles. The highest BCUT2D eigenvalue weighted by Gasteiger charge is 2.22. The minimum absolute atomic E-state index is 0.228. The van der Waals surface area contributed by atoms with E-state index in [4.69, 9.17) is 9.47 Å². The van der Waals surface area contributed by atoms with Crippen LogP contribution in [0.5, 0.6) is 0 Å². The standard InChI is InChI=1S/C23H29N3O2/c1-3-27-23(21-14-19(8-7-17(21)2)12-11-18-9-10-18)22-16-26(25-24-22)15-20-6-4-5-13-28-20/h7-8,14,16,18,20,23H,3-6,9-10,13,15H2,1-2H3. The Bertz CT molecular complexity index is 854. The molecule has 1 aromatic heterocycles. The number of benzene rings is 1. The maximum atomic E-state index is 6.10. The Kier molecular flexibility index (Phi) is 6.09. The first-order valence-electron chi connectivity index (χ1n) is 10.5. The van der Waals surface area contributed by atoms with Crippen molar-refractivity contribution in [3.63, 3.8) is 0 Å². The second kappa shape index (κ2) is 8.89. The predicted octanol–water partition coefficient (Wildman–Crippen LogP) is 4.04. The molecule has 2 fully saturated rings. The van der Waals surface area contributed by atoms with Crippen molar-refractivity contribution in [3.05, 3.63) is 46.8 Å². The summed E-state index contributed by atoms with van der Waals surface area (Å²) in [6, 6.07) is 6.36. The van der Waals surface area contributed by atoms with Crippen LogP contribution >= 0.6 is 0 Å². The lowest BCUT2D eigenvalue weighted by Crippen LogP contribution is -2.24. The van der Waals surface area contributed by atoms with Crippen LogP contribution in [0.4, 0.5) is 0 Å². The number of rotatable bonds is 6. The van der Waals surface area contributed by atoms with Crippen LogP contribution in [-0.2, 0) is 16.0 Å². The molecule has 1 saturated carbocycles. The normalized spacial score (nSPS) is 20.4. The van der Waals surface area contributed by atoms with Crippen molar-refractivity contribution in [1.29, 1.82) is 0 Å². The molecule has 148 valence electrons. The van der Waals surface area contributed by atoms with Crippen LogP contribution in [0.2, 0.25) is 0 Å². The van der Waals surface area contributed by atoms with Crippen molar-refractivity contribution in [2.75, 3.05) is 13.2 Å². The van der Waals surface area contributed by atoms with E-state index in [2.05, 4.69) is 47.3 Å². The van der Waals surface area contributed by atoms with Gasteiger partial charge in [0.1, 0.15) is 11.8 Å². The first kappa shape index (κ1) is 19.2. The van der Waals surface area contributed by atoms with E-state index in [0.717, 1.165) is 42.8 Å². The molecule has 1 aliphatic carbocycles. The zero-order valence-electron chi connectivity index (χ0n) is 16.9. The maximum absolute atomic E-state index is 6.10. The van der Waals surface area contributed by atoms with Gasteiger partial charge in [-0.25, -0.2) is 4.68 Å². The molecule has 0 spiro atoms. The van der Waals surface area contributed by atoms with Gasteiger partial charge in [-0.1, -0.05) is 23.1 Å². The Labute approximate surface area is 167 Å². The highest BCUT2D eigenvalue weighted by molar-refractivity contribution is 5.43. The predicted molar refractivity (Wildman–Crippen MR) is 108 cm³/mol. The van der Waals surface area contributed by atoms with E-state index in [-0.39, 0.29) is 12.2 Å². The van der Waals surface area contributed by atoms with Gasteiger partial charge in [-0.2, -0.15) is 0 Å². The van der Waals surface area contributed by atoms with Gasteiger partial charge >= 0.3 is 0 Å². The summed E-state index contributed by atoms with van der Waals surface area (Å²) in [6.45, 7) is 6.33. The van der Waals surface area contributed by atoms with Gasteiger partial charge in [0.05, 0.1) is 18.8 Å². The third-order valence-corrected chi connectivity index (χ3v) is 5.38. The summed E-state index contributed by atoms with van der Waals surface area (Å²) in [5.74, 6) is 7.25. The number of nitrogens with zero attached hydrogens (tertiary/aromatic N) is 3. The Hall–Kier alpha value is -2.16. The molecule has 2 unspecified atom stereocenters. The summed E-state index contributed by atoms with van der Waals surface area (Å²) in [4.78, 5) is 0. The van der Waals surface area contributed by atoms with Gasteiger partial charge in [0.25, 0.3) is 0 Å². The minimum Gasteiger partial charge on any atom is -0.376 e. The Balaban J connectivity index is 1.55. The fraction of sp³-hybridized carbons (Fsp3) is 0.565. The van der Waals surface area contributed by atoms with Crippen molar-refractivity contribution in [1.82, 2.24) is 15.0 Å². The molecule has 0 radical (unpaired) electrons. The van der Waals surface area contributed by atoms with E-state index in [1.165, 1.54) is 24.8 Å². The smallest absolute Gasteiger partial charge is 0.128 e. The van der Waals surface area contributed by atoms with Crippen LogP contribution in [0.15, 0.2) is 24.4 Å². The first-order valence-corrected chi connectivity index (χ1v) is 10.5. The van der Waals surface area contributed by atoms with E-state index in [9.17, 15) is 0 Å². The number of hydrogen-bond donors (Lipinski definition) is 0. The molecule has 0 N–H and O–H groups in total. The lowest BCUT2D eigenvalue weighted by molar-refractivity contribution is 0.00367. The Morgan fingerprint density at radius 2 is 2.18 bits per heavy atom. The van der Waals surface area contributed by atoms with Crippen LogP contribution in [0, 0.1) is 24.7 Å². The van der Waals surface area contributed by atoms with E-state index >= 15 is 0 Å². The van der Waals surface area contributed by atoms with Crippen molar-refractivity contribution < 1.29 is 9.47 Å². The zero-order chi connectivity index (χ0) is 19.3. The maximum Gasteiger partial charge on any atom is 0.128 e. The Morgan fingerprint density at radius 3 is 2.93 bits per heavy atom. The van der Waals surface area contributed by atoms with Crippen LogP contribution in [0.3, 0.4) is 0 Å². The molecule has 2 atom stereocenters. The second-order valence-electron chi connectivity index (χ2n) is 7.80. The average molecular weight is 380 g/mol. The third-order valence-electron chi connectivity index (χ3n) is 5.38. The fourth-order valence-corrected chi connectivity index (χ4v) is 3.60. The number of ether oxygens (including phenoxy) is 2. The molecule has 0 bridgehead atoms. The lowest BCUT2D eigenvalue weighted by atomic mass is 9.98. The van der Waals surface area contributed by atoms with Gasteiger partial charge in [0, 0.05) is 24.7 Å². The van der Waals surface area contributed by atoms with E-state index in [1.807, 2.05) is 17.8 Å². The molecule has 0 amide bonds. The molecule has 4 rings (SSSR count). The average Bonchev–Trinajstić information content (AvgIpc) is 3.44. The second-order valence-corrected chi connectivity index (χ2v) is 7.80. The van der Waals surface area contributed by atoms with Crippen LogP contribution < -0.4 is 0 Å². The van der Waals surface area contributed by atoms with Gasteiger partial charge < -0.3 is 9.47 Å². The quantitative estimate of drug-likeness (QED) is 0.711. The highest BCUT2D eigenvalue weighted by Crippen LogP contribution is 2.29. The molecule has 1 saturated heterocycles. The first-order chi connectivity index (χ1) is 13.7. The van der Waals surface area contributed by atoms with E-state index < -0.39 is 0 Å². The molecule has 2 aromatic rings. The largest absolute Gasteiger partial charge is 0.376 e. The van der Waals surface area contributed by atoms with Gasteiger partial charge in [-0.05, 0) is 69.2 Å². The summed E-state index contributed by atoms with van der Waals surface area (Å²) in [5, 5.41) is 8.77. The number of hydrogen-bond acceptors (Lipinski definition) is 4. The topological polar surface area (TPSA) is 49.2 Å². The van der Waals surface area contributed by atoms with Crippen molar-refractivity contribution in [2.24, 2.45) is 5.92 Å². The molecule has 5 nitrogen and oxygen atoms in total. The summed E-state index contributed by atoms with van der Waals surface area (Å²) in [5.41, 5.74) is 4.18. The molecule has 2 heterocycles. The number of aromatic nitrogens is 3. The Morgan fingerprint density at radius 1 is 1.29 bits per heavy atom. The molecular weight excluding hydrogens is 350 g/mol. The molecular formula is C23H29N3O2. The van der Waals surface area contributed by atoms with Gasteiger partial charge in [-0.15, -0.1) is 5.10 Å². The number of aryl methyl sites for hydroxylation is 1. The van der Waals surface area contributed by atoms with Crippen LogP contribution in [-0.4, -0.2) is 34.3 Å². The third kappa shape index (κ3) is 4.81. The van der Waals surface area contributed by atoms with Gasteiger partial charge in [0.2, 0.25) is 0 Å².